The van der Waals surface area contributed by atoms with Crippen LogP contribution in [0.1, 0.15) is 0 Å². The Hall–Kier alpha value is -4.68. The highest BCUT2D eigenvalue weighted by molar-refractivity contribution is 6.16. The van der Waals surface area contributed by atoms with E-state index in [4.69, 9.17) is 0 Å². The van der Waals surface area contributed by atoms with Gasteiger partial charge < -0.3 is 0 Å². The molecule has 0 saturated heterocycles. The van der Waals surface area contributed by atoms with Gasteiger partial charge in [-0.3, -0.25) is 0 Å². The summed E-state index contributed by atoms with van der Waals surface area (Å²) in [4.78, 5) is 0. The minimum absolute atomic E-state index is 1.26. The molecule has 0 heterocycles. The van der Waals surface area contributed by atoms with Crippen LogP contribution in [0.3, 0.4) is 0 Å². The molecule has 0 aliphatic heterocycles. The molecule has 0 saturated carbocycles. The zero-order valence-corrected chi connectivity index (χ0v) is 19.7. The third kappa shape index (κ3) is 2.82. The van der Waals surface area contributed by atoms with Crippen LogP contribution in [0.5, 0.6) is 0 Å². The summed E-state index contributed by atoms with van der Waals surface area (Å²) in [5.41, 5.74) is 10.4. The summed E-state index contributed by atoms with van der Waals surface area (Å²) in [5.74, 6) is 0. The van der Waals surface area contributed by atoms with Gasteiger partial charge in [-0.1, -0.05) is 109 Å². The standard InChI is InChI=1S/C36H22/c1-2-10-30-23(7-1)8-5-13-31(30)27-18-17-24-19-26(16-15-25(24)20-27)29-21-28-9-6-14-34-32-11-3-4-12-33(32)35(22-29)36(28)34/h1-22H. The molecule has 0 atom stereocenters. The molecule has 0 heteroatoms. The van der Waals surface area contributed by atoms with Gasteiger partial charge in [0.15, 0.2) is 0 Å². The van der Waals surface area contributed by atoms with E-state index in [0.717, 1.165) is 0 Å². The second kappa shape index (κ2) is 7.41. The largest absolute Gasteiger partial charge is 0.0616 e. The molecular formula is C36H22. The summed E-state index contributed by atoms with van der Waals surface area (Å²) in [7, 11) is 0. The normalized spacial score (nSPS) is 11.9. The first-order chi connectivity index (χ1) is 17.8. The quantitative estimate of drug-likeness (QED) is 0.244. The van der Waals surface area contributed by atoms with Gasteiger partial charge in [-0.15, -0.1) is 0 Å². The smallest absolute Gasteiger partial charge is 0.00259 e. The highest BCUT2D eigenvalue weighted by Gasteiger charge is 2.21. The van der Waals surface area contributed by atoms with Crippen molar-refractivity contribution < 1.29 is 0 Å². The van der Waals surface area contributed by atoms with Crippen LogP contribution in [-0.4, -0.2) is 0 Å². The molecule has 0 fully saturated rings. The van der Waals surface area contributed by atoms with Gasteiger partial charge in [0, 0.05) is 0 Å². The minimum Gasteiger partial charge on any atom is -0.0616 e. The average Bonchev–Trinajstić information content (AvgIpc) is 3.27. The number of rotatable bonds is 2. The van der Waals surface area contributed by atoms with Crippen LogP contribution in [0.25, 0.3) is 76.8 Å². The molecule has 0 radical (unpaired) electrons. The Morgan fingerprint density at radius 3 is 1.72 bits per heavy atom. The Bertz CT molecular complexity index is 1990. The fourth-order valence-electron chi connectivity index (χ4n) is 6.05. The molecule has 0 spiro atoms. The van der Waals surface area contributed by atoms with Crippen molar-refractivity contribution in [2.45, 2.75) is 0 Å². The number of hydrogen-bond acceptors (Lipinski definition) is 0. The van der Waals surface area contributed by atoms with Gasteiger partial charge in [-0.2, -0.15) is 0 Å². The fourth-order valence-corrected chi connectivity index (χ4v) is 6.05. The van der Waals surface area contributed by atoms with Gasteiger partial charge in [-0.05, 0) is 101 Å². The van der Waals surface area contributed by atoms with E-state index in [-0.39, 0.29) is 0 Å². The maximum atomic E-state index is 2.38. The van der Waals surface area contributed by atoms with E-state index in [2.05, 4.69) is 133 Å². The van der Waals surface area contributed by atoms with Crippen molar-refractivity contribution >= 4 is 32.3 Å². The van der Waals surface area contributed by atoms with E-state index in [1.54, 1.807) is 0 Å². The summed E-state index contributed by atoms with van der Waals surface area (Å²) in [6.45, 7) is 0. The zero-order chi connectivity index (χ0) is 23.6. The fraction of sp³-hybridized carbons (Fsp3) is 0. The van der Waals surface area contributed by atoms with E-state index in [1.165, 1.54) is 76.8 Å². The van der Waals surface area contributed by atoms with Gasteiger partial charge in [0.1, 0.15) is 0 Å². The second-order valence-corrected chi connectivity index (χ2v) is 9.78. The van der Waals surface area contributed by atoms with Gasteiger partial charge in [0.05, 0.1) is 0 Å². The van der Waals surface area contributed by atoms with Crippen molar-refractivity contribution in [1.29, 1.82) is 0 Å². The molecule has 0 N–H and O–H groups in total. The lowest BCUT2D eigenvalue weighted by molar-refractivity contribution is 1.66. The predicted molar refractivity (Wildman–Crippen MR) is 154 cm³/mol. The molecule has 7 aromatic rings. The van der Waals surface area contributed by atoms with Crippen LogP contribution < -0.4 is 0 Å². The molecule has 0 nitrogen and oxygen atoms in total. The Balaban J connectivity index is 1.27. The monoisotopic (exact) mass is 454 g/mol. The van der Waals surface area contributed by atoms with Gasteiger partial charge in [0.2, 0.25) is 0 Å². The Labute approximate surface area is 210 Å². The Kier molecular flexibility index (Phi) is 4.03. The lowest BCUT2D eigenvalue weighted by atomic mass is 9.93. The maximum Gasteiger partial charge on any atom is -0.00259 e. The molecule has 0 aromatic heterocycles. The van der Waals surface area contributed by atoms with E-state index in [0.29, 0.717) is 0 Å². The van der Waals surface area contributed by atoms with E-state index in [9.17, 15) is 0 Å². The first-order valence-electron chi connectivity index (χ1n) is 12.5. The van der Waals surface area contributed by atoms with E-state index < -0.39 is 0 Å². The third-order valence-corrected chi connectivity index (χ3v) is 7.76. The first-order valence-corrected chi connectivity index (χ1v) is 12.5. The van der Waals surface area contributed by atoms with Gasteiger partial charge >= 0.3 is 0 Å². The van der Waals surface area contributed by atoms with Crippen molar-refractivity contribution in [3.05, 3.63) is 133 Å². The van der Waals surface area contributed by atoms with Crippen molar-refractivity contribution in [2.24, 2.45) is 0 Å². The topological polar surface area (TPSA) is 0 Å². The van der Waals surface area contributed by atoms with Crippen molar-refractivity contribution in [3.8, 4) is 44.5 Å². The highest BCUT2D eigenvalue weighted by Crippen LogP contribution is 2.48. The molecule has 7 aromatic carbocycles. The van der Waals surface area contributed by atoms with Gasteiger partial charge in [-0.25, -0.2) is 0 Å². The summed E-state index contributed by atoms with van der Waals surface area (Å²) < 4.78 is 0. The van der Waals surface area contributed by atoms with Crippen LogP contribution in [0.4, 0.5) is 0 Å². The van der Waals surface area contributed by atoms with Crippen LogP contribution in [-0.2, 0) is 0 Å². The van der Waals surface area contributed by atoms with Crippen LogP contribution >= 0.6 is 0 Å². The van der Waals surface area contributed by atoms with E-state index >= 15 is 0 Å². The zero-order valence-electron chi connectivity index (χ0n) is 19.7. The Morgan fingerprint density at radius 2 is 0.861 bits per heavy atom. The van der Waals surface area contributed by atoms with Crippen LogP contribution in [0.15, 0.2) is 133 Å². The molecule has 0 amide bonds. The van der Waals surface area contributed by atoms with Gasteiger partial charge in [0.25, 0.3) is 0 Å². The lowest BCUT2D eigenvalue weighted by Gasteiger charge is -2.11. The van der Waals surface area contributed by atoms with Crippen LogP contribution in [0, 0.1) is 0 Å². The highest BCUT2D eigenvalue weighted by atomic mass is 14.2. The van der Waals surface area contributed by atoms with Crippen molar-refractivity contribution in [2.75, 3.05) is 0 Å². The summed E-state index contributed by atoms with van der Waals surface area (Å²) in [6, 6.07) is 49.1. The summed E-state index contributed by atoms with van der Waals surface area (Å²) in [6.07, 6.45) is 0. The molecule has 1 aliphatic rings. The van der Waals surface area contributed by atoms with E-state index in [1.807, 2.05) is 0 Å². The third-order valence-electron chi connectivity index (χ3n) is 7.76. The van der Waals surface area contributed by atoms with Crippen molar-refractivity contribution in [3.63, 3.8) is 0 Å². The number of hydrogen-bond donors (Lipinski definition) is 0. The minimum atomic E-state index is 1.26. The maximum absolute atomic E-state index is 2.38. The number of fused-ring (bicyclic) bond motifs is 5. The summed E-state index contributed by atoms with van der Waals surface area (Å²) >= 11 is 0. The summed E-state index contributed by atoms with van der Waals surface area (Å²) in [5, 5.41) is 7.79. The average molecular weight is 455 g/mol. The predicted octanol–water partition coefficient (Wildman–Crippen LogP) is 10.1. The van der Waals surface area contributed by atoms with Crippen LogP contribution in [0.2, 0.25) is 0 Å². The SMILES string of the molecule is c1ccc2c(c1)-c1cccc3cc(-c4ccc5cc(-c6cccc7ccccc67)ccc5c4)cc-2c13. The second-order valence-electron chi connectivity index (χ2n) is 9.78. The van der Waals surface area contributed by atoms with Crippen molar-refractivity contribution in [1.82, 2.24) is 0 Å². The molecule has 0 bridgehead atoms. The lowest BCUT2D eigenvalue weighted by Crippen LogP contribution is -1.85. The molecular weight excluding hydrogens is 432 g/mol. The first kappa shape index (κ1) is 19.6. The number of benzene rings is 7. The molecule has 36 heavy (non-hydrogen) atoms. The molecule has 1 aliphatic carbocycles. The molecule has 0 unspecified atom stereocenters. The molecule has 8 rings (SSSR count). The molecule has 166 valence electrons. The Morgan fingerprint density at radius 1 is 0.278 bits per heavy atom.